The van der Waals surface area contributed by atoms with Crippen LogP contribution in [0.4, 0.5) is 0 Å². The number of carbonyl (C=O) groups excluding carboxylic acids is 4. The molecule has 0 bridgehead atoms. The van der Waals surface area contributed by atoms with Gasteiger partial charge in [-0.25, -0.2) is 9.13 Å². The van der Waals surface area contributed by atoms with Crippen LogP contribution in [0.2, 0.25) is 0 Å². The lowest BCUT2D eigenvalue weighted by atomic mass is 10.0. The highest BCUT2D eigenvalue weighted by Crippen LogP contribution is 2.45. The summed E-state index contributed by atoms with van der Waals surface area (Å²) in [5, 5.41) is 10.6. The maximum absolute atomic E-state index is 13.1. The molecule has 0 saturated carbocycles. The number of aliphatic hydroxyl groups excluding tert-OH is 1. The van der Waals surface area contributed by atoms with Crippen LogP contribution in [0.25, 0.3) is 0 Å². The molecule has 0 spiro atoms. The van der Waals surface area contributed by atoms with E-state index in [4.69, 9.17) is 37.0 Å². The summed E-state index contributed by atoms with van der Waals surface area (Å²) in [6, 6.07) is 0. The molecule has 0 rings (SSSR count). The van der Waals surface area contributed by atoms with Crippen molar-refractivity contribution < 1.29 is 80.2 Å². The second-order valence-electron chi connectivity index (χ2n) is 25.2. The zero-order chi connectivity index (χ0) is 70.4. The molecule has 0 heterocycles. The maximum atomic E-state index is 13.1. The van der Waals surface area contributed by atoms with Gasteiger partial charge in [0.05, 0.1) is 26.4 Å². The molecule has 0 aromatic rings. The molecule has 19 heteroatoms. The topological polar surface area (TPSA) is 237 Å². The molecule has 0 amide bonds. The molecular formula is C77H136O17P2. The van der Waals surface area contributed by atoms with E-state index in [0.29, 0.717) is 25.7 Å². The van der Waals surface area contributed by atoms with Gasteiger partial charge in [-0.1, -0.05) is 273 Å². The van der Waals surface area contributed by atoms with E-state index in [2.05, 4.69) is 113 Å². The summed E-state index contributed by atoms with van der Waals surface area (Å²) in [4.78, 5) is 72.8. The first-order valence-corrected chi connectivity index (χ1v) is 40.8. The van der Waals surface area contributed by atoms with E-state index in [1.165, 1.54) is 64.2 Å². The van der Waals surface area contributed by atoms with Crippen molar-refractivity contribution in [3.63, 3.8) is 0 Å². The first kappa shape index (κ1) is 92.2. The molecule has 556 valence electrons. The van der Waals surface area contributed by atoms with E-state index in [0.717, 1.165) is 180 Å². The van der Waals surface area contributed by atoms with Gasteiger partial charge in [-0.2, -0.15) is 0 Å². The lowest BCUT2D eigenvalue weighted by Gasteiger charge is -2.21. The predicted molar refractivity (Wildman–Crippen MR) is 390 cm³/mol. The molecule has 5 unspecified atom stereocenters. The minimum Gasteiger partial charge on any atom is -0.462 e. The van der Waals surface area contributed by atoms with Crippen molar-refractivity contribution in [3.8, 4) is 0 Å². The average molecular weight is 1400 g/mol. The SMILES string of the molecule is CC/C=C\C/C=C\C/C=C\CCCCCCCC(=O)OCC(COP(=O)(O)OCC(O)COP(=O)(O)OCC(COC(=O)CCCCCCC/C=C\C/C=C\CCC)OC(=O)CCCCCCC/C=C\C/C=C\CCC)OC(=O)CCCCCCCCCCCCCCCCC. The van der Waals surface area contributed by atoms with Crippen molar-refractivity contribution in [2.75, 3.05) is 39.6 Å². The van der Waals surface area contributed by atoms with Crippen LogP contribution in [0.5, 0.6) is 0 Å². The molecule has 0 aromatic heterocycles. The molecule has 0 aliphatic heterocycles. The molecule has 17 nitrogen and oxygen atoms in total. The number of phosphoric acid groups is 2. The van der Waals surface area contributed by atoms with Gasteiger partial charge in [0, 0.05) is 25.7 Å². The van der Waals surface area contributed by atoms with Crippen LogP contribution in [0.1, 0.15) is 323 Å². The van der Waals surface area contributed by atoms with Gasteiger partial charge < -0.3 is 33.8 Å². The zero-order valence-electron chi connectivity index (χ0n) is 60.5. The van der Waals surface area contributed by atoms with Crippen molar-refractivity contribution in [3.05, 3.63) is 85.1 Å². The Bertz CT molecular complexity index is 2160. The molecule has 0 fully saturated rings. The molecule has 0 saturated heterocycles. The number of unbranched alkanes of at least 4 members (excludes halogenated alkanes) is 31. The van der Waals surface area contributed by atoms with Crippen molar-refractivity contribution in [2.24, 2.45) is 0 Å². The summed E-state index contributed by atoms with van der Waals surface area (Å²) in [6.07, 6.45) is 70.0. The quantitative estimate of drug-likeness (QED) is 0.0169. The van der Waals surface area contributed by atoms with Crippen molar-refractivity contribution in [1.29, 1.82) is 0 Å². The lowest BCUT2D eigenvalue weighted by molar-refractivity contribution is -0.161. The van der Waals surface area contributed by atoms with Crippen LogP contribution in [-0.4, -0.2) is 96.7 Å². The molecule has 0 aromatic carbocycles. The van der Waals surface area contributed by atoms with E-state index in [1.54, 1.807) is 0 Å². The Morgan fingerprint density at radius 3 is 0.875 bits per heavy atom. The van der Waals surface area contributed by atoms with Gasteiger partial charge in [-0.05, 0) is 109 Å². The van der Waals surface area contributed by atoms with Crippen LogP contribution in [-0.2, 0) is 65.4 Å². The molecule has 0 aliphatic rings. The number of allylic oxidation sites excluding steroid dienone is 14. The van der Waals surface area contributed by atoms with Crippen LogP contribution in [0, 0.1) is 0 Å². The number of rotatable bonds is 71. The van der Waals surface area contributed by atoms with Gasteiger partial charge in [0.2, 0.25) is 0 Å². The summed E-state index contributed by atoms with van der Waals surface area (Å²) < 4.78 is 68.4. The fraction of sp³-hybridized carbons (Fsp3) is 0.766. The lowest BCUT2D eigenvalue weighted by Crippen LogP contribution is -2.30. The number of hydrogen-bond acceptors (Lipinski definition) is 15. The molecular weight excluding hydrogens is 1260 g/mol. The van der Waals surface area contributed by atoms with Crippen molar-refractivity contribution >= 4 is 39.5 Å². The standard InChI is InChI=1S/C77H136O17P2/c1-5-9-13-17-21-25-29-33-35-39-42-46-50-54-58-62-75(80)88-68-73(94-77(82)64-60-56-52-48-44-40-36-34-30-26-22-18-14-10-6-2)70-92-96(85,86)90-66-71(78)65-89-95(83,84)91-69-72(93-76(81)63-59-55-51-47-43-38-32-28-24-20-16-12-8-4)67-87-74(79)61-57-53-49-45-41-37-31-27-23-19-15-11-7-3/h9,13,15-16,19-21,25,27-28,31-33,35,71-73,78H,5-8,10-12,14,17-18,22-24,26,29-30,34,36-70H2,1-4H3,(H,83,84)(H,85,86)/b13-9-,19-15-,20-16-,25-21-,31-27-,32-28-,35-33-. The minimum absolute atomic E-state index is 0.0767. The highest BCUT2D eigenvalue weighted by molar-refractivity contribution is 7.47. The van der Waals surface area contributed by atoms with E-state index < -0.39 is 97.5 Å². The van der Waals surface area contributed by atoms with Gasteiger partial charge in [0.15, 0.2) is 12.2 Å². The summed E-state index contributed by atoms with van der Waals surface area (Å²) >= 11 is 0. The Morgan fingerprint density at radius 1 is 0.302 bits per heavy atom. The molecule has 0 aliphatic carbocycles. The summed E-state index contributed by atoms with van der Waals surface area (Å²) in [5.41, 5.74) is 0. The van der Waals surface area contributed by atoms with Gasteiger partial charge in [-0.15, -0.1) is 0 Å². The minimum atomic E-state index is -4.97. The van der Waals surface area contributed by atoms with Crippen molar-refractivity contribution in [2.45, 2.75) is 341 Å². The Labute approximate surface area is 583 Å². The number of hydrogen-bond donors (Lipinski definition) is 3. The van der Waals surface area contributed by atoms with E-state index in [9.17, 15) is 43.2 Å². The number of carbonyl (C=O) groups is 4. The van der Waals surface area contributed by atoms with Crippen LogP contribution in [0.15, 0.2) is 85.1 Å². The predicted octanol–water partition coefficient (Wildman–Crippen LogP) is 21.4. The normalized spacial score (nSPS) is 14.4. The third-order valence-electron chi connectivity index (χ3n) is 15.8. The first-order chi connectivity index (χ1) is 46.7. The van der Waals surface area contributed by atoms with Gasteiger partial charge in [0.1, 0.15) is 19.3 Å². The second kappa shape index (κ2) is 69.7. The fourth-order valence-corrected chi connectivity index (χ4v) is 11.7. The van der Waals surface area contributed by atoms with E-state index in [1.807, 2.05) is 0 Å². The highest BCUT2D eigenvalue weighted by atomic mass is 31.2. The average Bonchev–Trinajstić information content (AvgIpc) is 1.36. The van der Waals surface area contributed by atoms with Gasteiger partial charge >= 0.3 is 39.5 Å². The fourth-order valence-electron chi connectivity index (χ4n) is 10.1. The molecule has 5 atom stereocenters. The van der Waals surface area contributed by atoms with E-state index >= 15 is 0 Å². The first-order valence-electron chi connectivity index (χ1n) is 37.8. The van der Waals surface area contributed by atoms with Crippen molar-refractivity contribution in [1.82, 2.24) is 0 Å². The van der Waals surface area contributed by atoms with Crippen LogP contribution < -0.4 is 0 Å². The number of esters is 4. The largest absolute Gasteiger partial charge is 0.472 e. The smallest absolute Gasteiger partial charge is 0.462 e. The van der Waals surface area contributed by atoms with E-state index in [-0.39, 0.29) is 25.7 Å². The Hall–Kier alpha value is -3.76. The van der Waals surface area contributed by atoms with Gasteiger partial charge in [0.25, 0.3) is 0 Å². The molecule has 0 radical (unpaired) electrons. The number of phosphoric ester groups is 2. The molecule has 3 N–H and O–H groups in total. The Balaban J connectivity index is 5.35. The van der Waals surface area contributed by atoms with Gasteiger partial charge in [-0.3, -0.25) is 37.3 Å². The zero-order valence-corrected chi connectivity index (χ0v) is 62.3. The number of aliphatic hydroxyl groups is 1. The molecule has 96 heavy (non-hydrogen) atoms. The number of ether oxygens (including phenoxy) is 4. The maximum Gasteiger partial charge on any atom is 0.472 e. The van der Waals surface area contributed by atoms with Crippen LogP contribution >= 0.6 is 15.6 Å². The second-order valence-corrected chi connectivity index (χ2v) is 28.1. The Morgan fingerprint density at radius 2 is 0.562 bits per heavy atom. The third-order valence-corrected chi connectivity index (χ3v) is 17.7. The Kier molecular flexibility index (Phi) is 67.0. The summed E-state index contributed by atoms with van der Waals surface area (Å²) in [5.74, 6) is -2.21. The highest BCUT2D eigenvalue weighted by Gasteiger charge is 2.30. The van der Waals surface area contributed by atoms with Crippen LogP contribution in [0.3, 0.4) is 0 Å². The summed E-state index contributed by atoms with van der Waals surface area (Å²) in [6.45, 7) is 4.61. The third kappa shape index (κ3) is 68.8. The summed E-state index contributed by atoms with van der Waals surface area (Å²) in [7, 11) is -9.95. The monoisotopic (exact) mass is 1390 g/mol.